The number of ether oxygens (including phenoxy) is 3. The van der Waals surface area contributed by atoms with Crippen LogP contribution in [0.25, 0.3) is 0 Å². The quantitative estimate of drug-likeness (QED) is 0.560. The Morgan fingerprint density at radius 3 is 2.67 bits per heavy atom. The lowest BCUT2D eigenvalue weighted by Gasteiger charge is -2.33. The molecule has 1 N–H and O–H groups in total. The zero-order valence-electron chi connectivity index (χ0n) is 7.38. The molecule has 1 unspecified atom stereocenters. The molecular formula is C7H12N2O3. The van der Waals surface area contributed by atoms with Crippen molar-refractivity contribution in [3.05, 3.63) is 0 Å². The van der Waals surface area contributed by atoms with E-state index in [-0.39, 0.29) is 0 Å². The molecule has 0 aromatic heterocycles. The largest absolute Gasteiger partial charge is 0.468 e. The summed E-state index contributed by atoms with van der Waals surface area (Å²) in [7, 11) is 1.56. The lowest BCUT2D eigenvalue weighted by Crippen LogP contribution is -2.59. The van der Waals surface area contributed by atoms with Gasteiger partial charge in [-0.05, 0) is 13.8 Å². The molecule has 1 spiro atoms. The van der Waals surface area contributed by atoms with Crippen molar-refractivity contribution in [2.75, 3.05) is 13.7 Å². The molecule has 1 atom stereocenters. The second kappa shape index (κ2) is 2.11. The fourth-order valence-electron chi connectivity index (χ4n) is 1.28. The van der Waals surface area contributed by atoms with Crippen LogP contribution in [0.3, 0.4) is 0 Å². The molecule has 1 saturated heterocycles. The van der Waals surface area contributed by atoms with Crippen molar-refractivity contribution in [1.82, 2.24) is 5.32 Å². The van der Waals surface area contributed by atoms with Crippen LogP contribution in [0.2, 0.25) is 0 Å². The molecule has 0 radical (unpaired) electrons. The van der Waals surface area contributed by atoms with Crippen LogP contribution in [0.4, 0.5) is 0 Å². The minimum Gasteiger partial charge on any atom is -0.468 e. The molecule has 0 bridgehead atoms. The summed E-state index contributed by atoms with van der Waals surface area (Å²) in [5.41, 5.74) is 0. The summed E-state index contributed by atoms with van der Waals surface area (Å²) in [6.45, 7) is 4.13. The van der Waals surface area contributed by atoms with E-state index >= 15 is 0 Å². The Hall–Kier alpha value is -0.810. The fourth-order valence-corrected chi connectivity index (χ4v) is 1.28. The molecule has 0 aliphatic carbocycles. The van der Waals surface area contributed by atoms with Gasteiger partial charge in [0.1, 0.15) is 6.61 Å². The Balaban J connectivity index is 2.06. The van der Waals surface area contributed by atoms with E-state index in [9.17, 15) is 0 Å². The SMILES string of the molecule is COC1=NC2(COC(C)(C)O2)N1. The number of hydrogen-bond donors (Lipinski definition) is 1. The number of nitrogens with zero attached hydrogens (tertiary/aromatic N) is 1. The van der Waals surface area contributed by atoms with Gasteiger partial charge >= 0.3 is 0 Å². The normalized spacial score (nSPS) is 37.1. The Labute approximate surface area is 70.7 Å². The van der Waals surface area contributed by atoms with Crippen molar-refractivity contribution >= 4 is 6.02 Å². The molecule has 5 nitrogen and oxygen atoms in total. The molecule has 0 saturated carbocycles. The van der Waals surface area contributed by atoms with Gasteiger partial charge in [-0.25, -0.2) is 0 Å². The molecule has 2 aliphatic heterocycles. The van der Waals surface area contributed by atoms with Crippen LogP contribution in [0.15, 0.2) is 4.99 Å². The van der Waals surface area contributed by atoms with E-state index in [2.05, 4.69) is 10.3 Å². The first-order chi connectivity index (χ1) is 5.55. The first kappa shape index (κ1) is 7.82. The third-order valence-corrected chi connectivity index (χ3v) is 1.81. The molecular weight excluding hydrogens is 160 g/mol. The average molecular weight is 172 g/mol. The maximum atomic E-state index is 5.50. The highest BCUT2D eigenvalue weighted by Crippen LogP contribution is 2.33. The lowest BCUT2D eigenvalue weighted by atomic mass is 10.4. The monoisotopic (exact) mass is 172 g/mol. The molecule has 0 amide bonds. The van der Waals surface area contributed by atoms with E-state index in [4.69, 9.17) is 14.2 Å². The van der Waals surface area contributed by atoms with Gasteiger partial charge in [-0.3, -0.25) is 5.32 Å². The zero-order valence-corrected chi connectivity index (χ0v) is 7.38. The molecule has 5 heteroatoms. The van der Waals surface area contributed by atoms with Gasteiger partial charge in [0.25, 0.3) is 11.9 Å². The van der Waals surface area contributed by atoms with Crippen molar-refractivity contribution < 1.29 is 14.2 Å². The summed E-state index contributed by atoms with van der Waals surface area (Å²) in [6, 6.07) is 0.497. The molecule has 12 heavy (non-hydrogen) atoms. The topological polar surface area (TPSA) is 52.1 Å². The third kappa shape index (κ3) is 1.05. The number of nitrogens with one attached hydrogen (secondary N) is 1. The van der Waals surface area contributed by atoms with Crippen LogP contribution in [0.1, 0.15) is 13.8 Å². The summed E-state index contributed by atoms with van der Waals surface area (Å²) in [5, 5.41) is 2.94. The van der Waals surface area contributed by atoms with E-state index in [0.29, 0.717) is 12.6 Å². The standard InChI is InChI=1S/C7H12N2O3/c1-6(2)11-4-7(12-6)8-5(9-7)10-3/h4H2,1-3H3,(H,8,9). The summed E-state index contributed by atoms with van der Waals surface area (Å²) >= 11 is 0. The van der Waals surface area contributed by atoms with Crippen molar-refractivity contribution in [2.24, 2.45) is 4.99 Å². The Morgan fingerprint density at radius 2 is 2.25 bits per heavy atom. The van der Waals surface area contributed by atoms with Crippen LogP contribution in [-0.2, 0) is 14.2 Å². The minimum absolute atomic E-state index is 0.423. The average Bonchev–Trinajstić information content (AvgIpc) is 2.23. The van der Waals surface area contributed by atoms with E-state index in [1.165, 1.54) is 0 Å². The summed E-state index contributed by atoms with van der Waals surface area (Å²) in [6.07, 6.45) is 0. The molecule has 68 valence electrons. The number of methoxy groups -OCH3 is 1. The third-order valence-electron chi connectivity index (χ3n) is 1.81. The molecule has 1 fully saturated rings. The van der Waals surface area contributed by atoms with Crippen LogP contribution in [0.5, 0.6) is 0 Å². The van der Waals surface area contributed by atoms with Crippen molar-refractivity contribution in [1.29, 1.82) is 0 Å². The Morgan fingerprint density at radius 1 is 1.58 bits per heavy atom. The second-order valence-electron chi connectivity index (χ2n) is 3.32. The maximum Gasteiger partial charge on any atom is 0.292 e. The number of amidine groups is 1. The van der Waals surface area contributed by atoms with Gasteiger partial charge < -0.3 is 14.2 Å². The molecule has 2 heterocycles. The van der Waals surface area contributed by atoms with Crippen LogP contribution in [0, 0.1) is 0 Å². The first-order valence-corrected chi connectivity index (χ1v) is 3.81. The fraction of sp³-hybridized carbons (Fsp3) is 0.857. The summed E-state index contributed by atoms with van der Waals surface area (Å²) < 4.78 is 15.7. The summed E-state index contributed by atoms with van der Waals surface area (Å²) in [5.74, 6) is -1.25. The lowest BCUT2D eigenvalue weighted by molar-refractivity contribution is -0.169. The van der Waals surface area contributed by atoms with Gasteiger partial charge in [-0.2, -0.15) is 4.99 Å². The van der Waals surface area contributed by atoms with E-state index in [1.807, 2.05) is 13.8 Å². The predicted octanol–water partition coefficient (Wildman–Crippen LogP) is 0.0287. The van der Waals surface area contributed by atoms with Crippen LogP contribution in [-0.4, -0.2) is 31.4 Å². The predicted molar refractivity (Wildman–Crippen MR) is 41.4 cm³/mol. The van der Waals surface area contributed by atoms with E-state index < -0.39 is 11.6 Å². The van der Waals surface area contributed by atoms with Crippen molar-refractivity contribution in [3.63, 3.8) is 0 Å². The molecule has 2 rings (SSSR count). The second-order valence-corrected chi connectivity index (χ2v) is 3.32. The molecule has 2 aliphatic rings. The highest BCUT2D eigenvalue weighted by molar-refractivity contribution is 5.79. The Bertz CT molecular complexity index is 239. The smallest absolute Gasteiger partial charge is 0.292 e. The van der Waals surface area contributed by atoms with Gasteiger partial charge in [0, 0.05) is 0 Å². The zero-order chi connectivity index (χ0) is 8.82. The number of rotatable bonds is 0. The van der Waals surface area contributed by atoms with Gasteiger partial charge in [-0.1, -0.05) is 0 Å². The molecule has 0 aromatic carbocycles. The van der Waals surface area contributed by atoms with Crippen molar-refractivity contribution in [2.45, 2.75) is 25.5 Å². The van der Waals surface area contributed by atoms with Gasteiger partial charge in [0.05, 0.1) is 7.11 Å². The van der Waals surface area contributed by atoms with Crippen molar-refractivity contribution in [3.8, 4) is 0 Å². The van der Waals surface area contributed by atoms with Gasteiger partial charge in [-0.15, -0.1) is 0 Å². The maximum absolute atomic E-state index is 5.50. The Kier molecular flexibility index (Phi) is 1.38. The first-order valence-electron chi connectivity index (χ1n) is 3.81. The van der Waals surface area contributed by atoms with Gasteiger partial charge in [0.2, 0.25) is 0 Å². The van der Waals surface area contributed by atoms with E-state index in [0.717, 1.165) is 0 Å². The van der Waals surface area contributed by atoms with Gasteiger partial charge in [0.15, 0.2) is 5.79 Å². The van der Waals surface area contributed by atoms with Crippen LogP contribution >= 0.6 is 0 Å². The van der Waals surface area contributed by atoms with Crippen LogP contribution < -0.4 is 5.32 Å². The number of hydrogen-bond acceptors (Lipinski definition) is 5. The highest BCUT2D eigenvalue weighted by atomic mass is 16.8. The minimum atomic E-state index is -0.686. The highest BCUT2D eigenvalue weighted by Gasteiger charge is 2.51. The number of aliphatic imine (C=N–C) groups is 1. The molecule has 0 aromatic rings. The summed E-state index contributed by atoms with van der Waals surface area (Å²) in [4.78, 5) is 4.10. The van der Waals surface area contributed by atoms with E-state index in [1.54, 1.807) is 7.11 Å².